The molecule has 1 aromatic heterocycles. The summed E-state index contributed by atoms with van der Waals surface area (Å²) in [7, 11) is 0. The number of aromatic amines is 1. The van der Waals surface area contributed by atoms with Gasteiger partial charge in [0.25, 0.3) is 11.5 Å². The molecule has 0 radical (unpaired) electrons. The van der Waals surface area contributed by atoms with E-state index in [0.29, 0.717) is 35.6 Å². The molecule has 0 saturated carbocycles. The first-order valence-electron chi connectivity index (χ1n) is 10.6. The maximum absolute atomic E-state index is 12.8. The number of carboxylic acids is 1. The number of nitrogens with two attached hydrogens (primary N) is 2. The fourth-order valence-electron chi connectivity index (χ4n) is 2.97. The Kier molecular flexibility index (Phi) is 8.96. The summed E-state index contributed by atoms with van der Waals surface area (Å²) in [6.45, 7) is 6.03. The third kappa shape index (κ3) is 7.06. The highest BCUT2D eigenvalue weighted by molar-refractivity contribution is 5.98. The van der Waals surface area contributed by atoms with E-state index in [1.165, 1.54) is 12.1 Å². The zero-order valence-corrected chi connectivity index (χ0v) is 19.0. The van der Waals surface area contributed by atoms with Gasteiger partial charge in [-0.2, -0.15) is 0 Å². The molecule has 7 N–H and O–H groups in total. The van der Waals surface area contributed by atoms with E-state index >= 15 is 0 Å². The monoisotopic (exact) mass is 458 g/mol. The highest BCUT2D eigenvalue weighted by Gasteiger charge is 2.22. The molecule has 1 unspecified atom stereocenters. The average molecular weight is 459 g/mol. The summed E-state index contributed by atoms with van der Waals surface area (Å²) in [5.74, 6) is -1.13. The zero-order chi connectivity index (χ0) is 24.5. The van der Waals surface area contributed by atoms with Crippen molar-refractivity contribution in [3.8, 4) is 17.1 Å². The molecule has 0 aliphatic rings. The average Bonchev–Trinajstić information content (AvgIpc) is 2.77. The van der Waals surface area contributed by atoms with Crippen molar-refractivity contribution in [2.75, 3.05) is 13.2 Å². The first-order chi connectivity index (χ1) is 15.6. The second-order valence-electron chi connectivity index (χ2n) is 7.50. The minimum atomic E-state index is -1.17. The van der Waals surface area contributed by atoms with Gasteiger partial charge in [0, 0.05) is 23.4 Å². The highest BCUT2D eigenvalue weighted by Crippen LogP contribution is 2.29. The molecule has 0 fully saturated rings. The quantitative estimate of drug-likeness (QED) is 0.188. The number of ether oxygens (including phenoxy) is 1. The van der Waals surface area contributed by atoms with E-state index in [1.807, 2.05) is 6.92 Å². The van der Waals surface area contributed by atoms with Crippen LogP contribution in [0.4, 0.5) is 0 Å². The van der Waals surface area contributed by atoms with Crippen LogP contribution in [0.1, 0.15) is 47.8 Å². The van der Waals surface area contributed by atoms with E-state index in [-0.39, 0.29) is 35.9 Å². The number of hydrogen-bond donors (Lipinski definition) is 5. The fraction of sp³-hybridized carbons (Fsp3) is 0.409. The third-order valence-electron chi connectivity index (χ3n) is 4.90. The predicted octanol–water partition coefficient (Wildman–Crippen LogP) is 1.08. The van der Waals surface area contributed by atoms with Crippen molar-refractivity contribution in [3.05, 3.63) is 45.4 Å². The molecule has 2 aromatic rings. The van der Waals surface area contributed by atoms with E-state index in [0.717, 1.165) is 6.42 Å². The van der Waals surface area contributed by atoms with Crippen LogP contribution in [0.3, 0.4) is 0 Å². The number of amides is 1. The Morgan fingerprint density at radius 1 is 1.30 bits per heavy atom. The Bertz CT molecular complexity index is 1090. The molecule has 1 heterocycles. The Morgan fingerprint density at radius 3 is 2.64 bits per heavy atom. The summed E-state index contributed by atoms with van der Waals surface area (Å²) in [5.41, 5.74) is 11.9. The number of carbonyl (C=O) groups excluding carboxylic acids is 1. The van der Waals surface area contributed by atoms with Crippen molar-refractivity contribution in [2.24, 2.45) is 16.5 Å². The number of aromatic nitrogens is 2. The second-order valence-corrected chi connectivity index (χ2v) is 7.50. The van der Waals surface area contributed by atoms with Crippen molar-refractivity contribution in [2.45, 2.75) is 46.1 Å². The topological polar surface area (TPSA) is 186 Å². The van der Waals surface area contributed by atoms with Crippen LogP contribution in [-0.4, -0.2) is 52.1 Å². The number of rotatable bonds is 11. The minimum Gasteiger partial charge on any atom is -0.493 e. The Labute approximate surface area is 191 Å². The number of benzene rings is 1. The Balaban J connectivity index is 2.33. The summed E-state index contributed by atoms with van der Waals surface area (Å²) in [4.78, 5) is 47.6. The number of hydrogen-bond acceptors (Lipinski definition) is 6. The van der Waals surface area contributed by atoms with Gasteiger partial charge in [0.1, 0.15) is 17.6 Å². The molecule has 1 atom stereocenters. The number of aliphatic carboxylic acids is 1. The van der Waals surface area contributed by atoms with Crippen molar-refractivity contribution in [3.63, 3.8) is 0 Å². The van der Waals surface area contributed by atoms with Gasteiger partial charge in [-0.25, -0.2) is 9.78 Å². The van der Waals surface area contributed by atoms with Crippen molar-refractivity contribution in [1.29, 1.82) is 0 Å². The fourth-order valence-corrected chi connectivity index (χ4v) is 2.97. The molecule has 178 valence electrons. The highest BCUT2D eigenvalue weighted by atomic mass is 16.5. The summed E-state index contributed by atoms with van der Waals surface area (Å²) in [6, 6.07) is 3.53. The van der Waals surface area contributed by atoms with Gasteiger partial charge in [-0.05, 0) is 51.3 Å². The molecule has 1 aromatic carbocycles. The van der Waals surface area contributed by atoms with Gasteiger partial charge >= 0.3 is 5.97 Å². The maximum Gasteiger partial charge on any atom is 0.326 e. The normalized spacial score (nSPS) is 11.5. The number of guanidine groups is 1. The molecular formula is C22H30N6O5. The van der Waals surface area contributed by atoms with E-state index in [1.54, 1.807) is 19.9 Å². The van der Waals surface area contributed by atoms with Crippen molar-refractivity contribution >= 4 is 17.8 Å². The van der Waals surface area contributed by atoms with Gasteiger partial charge in [0.2, 0.25) is 0 Å². The molecule has 11 heteroatoms. The number of nitrogens with zero attached hydrogens (tertiary/aromatic N) is 2. The van der Waals surface area contributed by atoms with Crippen molar-refractivity contribution < 1.29 is 19.4 Å². The van der Waals surface area contributed by atoms with Crippen LogP contribution in [0.2, 0.25) is 0 Å². The van der Waals surface area contributed by atoms with Crippen molar-refractivity contribution in [1.82, 2.24) is 15.3 Å². The number of H-pyrrole nitrogens is 1. The molecule has 33 heavy (non-hydrogen) atoms. The maximum atomic E-state index is 12.8. The Hall–Kier alpha value is -3.89. The lowest BCUT2D eigenvalue weighted by Crippen LogP contribution is -2.40. The predicted molar refractivity (Wildman–Crippen MR) is 124 cm³/mol. The van der Waals surface area contributed by atoms with E-state index in [4.69, 9.17) is 16.2 Å². The van der Waals surface area contributed by atoms with Gasteiger partial charge in [0.15, 0.2) is 5.96 Å². The van der Waals surface area contributed by atoms with Crippen LogP contribution in [-0.2, 0) is 4.79 Å². The number of aryl methyl sites for hydroxylation is 1. The number of carbonyl (C=O) groups is 2. The first kappa shape index (κ1) is 25.4. The molecular weight excluding hydrogens is 428 g/mol. The molecule has 0 aliphatic heterocycles. The molecule has 0 saturated heterocycles. The van der Waals surface area contributed by atoms with Crippen LogP contribution in [0.5, 0.6) is 5.75 Å². The summed E-state index contributed by atoms with van der Waals surface area (Å²) in [5, 5.41) is 12.0. The smallest absolute Gasteiger partial charge is 0.326 e. The third-order valence-corrected chi connectivity index (χ3v) is 4.90. The lowest BCUT2D eigenvalue weighted by Gasteiger charge is -2.16. The van der Waals surface area contributed by atoms with Crippen LogP contribution in [0.15, 0.2) is 28.0 Å². The van der Waals surface area contributed by atoms with Gasteiger partial charge in [0.05, 0.1) is 12.2 Å². The van der Waals surface area contributed by atoms with Gasteiger partial charge < -0.3 is 31.6 Å². The minimum absolute atomic E-state index is 0.0817. The summed E-state index contributed by atoms with van der Waals surface area (Å²) < 4.78 is 5.77. The molecule has 0 spiro atoms. The SMILES string of the molecule is CCCOc1ccc(C(=O)NC(CCCN=C(N)N)C(=O)O)cc1-c1nc(C)c(C)c(=O)[nH]1. The largest absolute Gasteiger partial charge is 0.493 e. The van der Waals surface area contributed by atoms with E-state index in [2.05, 4.69) is 20.3 Å². The number of carboxylic acid groups (broad SMARTS) is 1. The first-order valence-corrected chi connectivity index (χ1v) is 10.6. The van der Waals surface area contributed by atoms with Crippen LogP contribution < -0.4 is 27.1 Å². The number of nitrogens with one attached hydrogen (secondary N) is 2. The molecule has 0 aliphatic carbocycles. The lowest BCUT2D eigenvalue weighted by molar-refractivity contribution is -0.139. The van der Waals surface area contributed by atoms with Crippen LogP contribution in [0, 0.1) is 13.8 Å². The number of aliphatic imine (C=N–C) groups is 1. The van der Waals surface area contributed by atoms with E-state index in [9.17, 15) is 19.5 Å². The van der Waals surface area contributed by atoms with Gasteiger partial charge in [-0.3, -0.25) is 14.6 Å². The second kappa shape index (κ2) is 11.7. The zero-order valence-electron chi connectivity index (χ0n) is 19.0. The molecule has 1 amide bonds. The van der Waals surface area contributed by atoms with Gasteiger partial charge in [-0.15, -0.1) is 0 Å². The summed E-state index contributed by atoms with van der Waals surface area (Å²) >= 11 is 0. The van der Waals surface area contributed by atoms with Gasteiger partial charge in [-0.1, -0.05) is 6.92 Å². The molecule has 11 nitrogen and oxygen atoms in total. The molecule has 0 bridgehead atoms. The van der Waals surface area contributed by atoms with E-state index < -0.39 is 17.9 Å². The lowest BCUT2D eigenvalue weighted by atomic mass is 10.1. The standard InChI is InChI=1S/C22H30N6O5/c1-4-10-33-17-8-7-14(11-15(17)18-26-13(3)12(2)19(29)28-18)20(30)27-16(21(31)32)6-5-9-25-22(23)24/h7-8,11,16H,4-6,9-10H2,1-3H3,(H,27,30)(H,31,32)(H4,23,24,25)(H,26,28,29). The summed E-state index contributed by atoms with van der Waals surface area (Å²) in [6.07, 6.45) is 1.28. The van der Waals surface area contributed by atoms with Crippen LogP contribution >= 0.6 is 0 Å². The molecule has 2 rings (SSSR count). The Morgan fingerprint density at radius 2 is 2.03 bits per heavy atom. The van der Waals surface area contributed by atoms with Crippen LogP contribution in [0.25, 0.3) is 11.4 Å².